The molecule has 2 fully saturated rings. The van der Waals surface area contributed by atoms with E-state index in [0.717, 1.165) is 4.90 Å². The second-order valence-corrected chi connectivity index (χ2v) is 8.24. The van der Waals surface area contributed by atoms with Crippen LogP contribution >= 0.6 is 0 Å². The van der Waals surface area contributed by atoms with Gasteiger partial charge in [0.05, 0.1) is 30.3 Å². The molecule has 3 aromatic rings. The molecule has 178 valence electrons. The summed E-state index contributed by atoms with van der Waals surface area (Å²) in [5.41, 5.74) is 0.733. The number of aromatic carboxylic acids is 1. The van der Waals surface area contributed by atoms with Gasteiger partial charge in [-0.1, -0.05) is 12.1 Å². The number of ether oxygens (including phenoxy) is 1. The predicted molar refractivity (Wildman–Crippen MR) is 125 cm³/mol. The number of carboxylic acid groups (broad SMARTS) is 1. The Labute approximate surface area is 200 Å². The molecule has 2 aromatic heterocycles. The van der Waals surface area contributed by atoms with Crippen molar-refractivity contribution in [3.05, 3.63) is 60.6 Å². The number of hydrogen-bond acceptors (Lipinski definition) is 8. The van der Waals surface area contributed by atoms with Crippen molar-refractivity contribution in [2.45, 2.75) is 18.4 Å². The number of carbonyl (C=O) groups excluding carboxylic acids is 2. The third kappa shape index (κ3) is 3.75. The van der Waals surface area contributed by atoms with Gasteiger partial charge in [-0.2, -0.15) is 0 Å². The number of benzene rings is 1. The summed E-state index contributed by atoms with van der Waals surface area (Å²) in [6.07, 6.45) is 3.63. The Bertz CT molecular complexity index is 1290. The van der Waals surface area contributed by atoms with E-state index in [1.807, 2.05) is 0 Å². The zero-order valence-electron chi connectivity index (χ0n) is 18.8. The lowest BCUT2D eigenvalue weighted by Crippen LogP contribution is -2.56. The monoisotopic (exact) mass is 474 g/mol. The zero-order valence-corrected chi connectivity index (χ0v) is 18.8. The van der Waals surface area contributed by atoms with Gasteiger partial charge in [-0.25, -0.2) is 24.5 Å². The molecular formula is C24H22N6O5. The first-order valence-corrected chi connectivity index (χ1v) is 11.0. The number of carbonyl (C=O) groups is 3. The minimum absolute atomic E-state index is 0.173. The highest BCUT2D eigenvalue weighted by molar-refractivity contribution is 6.30. The first kappa shape index (κ1) is 22.4. The van der Waals surface area contributed by atoms with Crippen molar-refractivity contribution < 1.29 is 24.2 Å². The van der Waals surface area contributed by atoms with Crippen molar-refractivity contribution in [2.24, 2.45) is 0 Å². The summed E-state index contributed by atoms with van der Waals surface area (Å²) in [5, 5.41) is 12.3. The molecule has 0 aliphatic carbocycles. The minimum Gasteiger partial charge on any atom is -0.481 e. The van der Waals surface area contributed by atoms with Crippen LogP contribution in [0.15, 0.2) is 55.0 Å². The maximum Gasteiger partial charge on any atom is 0.338 e. The van der Waals surface area contributed by atoms with Crippen molar-refractivity contribution in [2.75, 3.05) is 30.0 Å². The number of nitrogens with zero attached hydrogens (tertiary/aromatic N) is 5. The molecule has 0 bridgehead atoms. The number of aromatic nitrogens is 3. The second-order valence-electron chi connectivity index (χ2n) is 8.24. The van der Waals surface area contributed by atoms with Gasteiger partial charge in [0.25, 0.3) is 5.91 Å². The normalized spacial score (nSPS) is 17.2. The molecular weight excluding hydrogens is 452 g/mol. The minimum atomic E-state index is -1.08. The Balaban J connectivity index is 1.50. The molecule has 0 unspecified atom stereocenters. The summed E-state index contributed by atoms with van der Waals surface area (Å²) in [4.78, 5) is 53.8. The lowest BCUT2D eigenvalue weighted by Gasteiger charge is -2.37. The highest BCUT2D eigenvalue weighted by Gasteiger charge is 2.59. The molecule has 0 atom stereocenters. The lowest BCUT2D eigenvalue weighted by atomic mass is 9.86. The van der Waals surface area contributed by atoms with Crippen LogP contribution in [-0.4, -0.2) is 63.7 Å². The highest BCUT2D eigenvalue weighted by Crippen LogP contribution is 2.41. The van der Waals surface area contributed by atoms with Crippen LogP contribution in [0.3, 0.4) is 0 Å². The van der Waals surface area contributed by atoms with Crippen molar-refractivity contribution in [1.29, 1.82) is 0 Å². The number of anilines is 2. The Morgan fingerprint density at radius 3 is 2.43 bits per heavy atom. The summed E-state index contributed by atoms with van der Waals surface area (Å²) in [7, 11) is 1.47. The molecule has 1 spiro atoms. The molecule has 35 heavy (non-hydrogen) atoms. The molecule has 1 aromatic carbocycles. The van der Waals surface area contributed by atoms with Crippen molar-refractivity contribution in [1.82, 2.24) is 20.3 Å². The van der Waals surface area contributed by atoms with E-state index in [4.69, 9.17) is 9.84 Å². The number of imide groups is 1. The molecule has 0 radical (unpaired) electrons. The molecule has 5 rings (SSSR count). The van der Waals surface area contributed by atoms with Gasteiger partial charge in [-0.15, -0.1) is 0 Å². The van der Waals surface area contributed by atoms with E-state index in [1.54, 1.807) is 30.3 Å². The molecule has 2 N–H and O–H groups in total. The predicted octanol–water partition coefficient (Wildman–Crippen LogP) is 2.34. The summed E-state index contributed by atoms with van der Waals surface area (Å²) >= 11 is 0. The molecule has 0 saturated carbocycles. The number of piperidine rings is 1. The molecule has 2 saturated heterocycles. The van der Waals surface area contributed by atoms with E-state index >= 15 is 0 Å². The van der Waals surface area contributed by atoms with Gasteiger partial charge >= 0.3 is 12.0 Å². The van der Waals surface area contributed by atoms with Crippen LogP contribution in [0, 0.1) is 0 Å². The number of carboxylic acids is 1. The van der Waals surface area contributed by atoms with Gasteiger partial charge in [-0.3, -0.25) is 14.7 Å². The summed E-state index contributed by atoms with van der Waals surface area (Å²) in [5.74, 6) is -0.758. The van der Waals surface area contributed by atoms with Crippen LogP contribution in [0.2, 0.25) is 0 Å². The third-order valence-electron chi connectivity index (χ3n) is 6.34. The summed E-state index contributed by atoms with van der Waals surface area (Å²) in [6, 6.07) is 10.7. The third-order valence-corrected chi connectivity index (χ3v) is 6.34. The van der Waals surface area contributed by atoms with Crippen LogP contribution in [0.5, 0.6) is 5.88 Å². The largest absolute Gasteiger partial charge is 0.481 e. The Morgan fingerprint density at radius 2 is 1.80 bits per heavy atom. The van der Waals surface area contributed by atoms with Gasteiger partial charge in [0.15, 0.2) is 0 Å². The van der Waals surface area contributed by atoms with E-state index in [9.17, 15) is 14.4 Å². The smallest absolute Gasteiger partial charge is 0.338 e. The maximum absolute atomic E-state index is 13.8. The van der Waals surface area contributed by atoms with Crippen LogP contribution in [-0.2, 0) is 4.79 Å². The number of hydrogen-bond donors (Lipinski definition) is 2. The molecule has 11 nitrogen and oxygen atoms in total. The second kappa shape index (κ2) is 8.76. The lowest BCUT2D eigenvalue weighted by molar-refractivity contribution is -0.122. The van der Waals surface area contributed by atoms with E-state index in [0.29, 0.717) is 48.7 Å². The molecule has 2 aliphatic heterocycles. The first-order valence-electron chi connectivity index (χ1n) is 11.0. The number of methoxy groups -OCH3 is 1. The zero-order chi connectivity index (χ0) is 24.6. The average molecular weight is 474 g/mol. The Morgan fingerprint density at radius 1 is 1.06 bits per heavy atom. The SMILES string of the molecule is COc1cc(N2C(=O)N(c3ccc(-c4ccc(C(=O)O)cc4)nc3)C(=O)C23CCNCC3)ncn1. The number of nitrogens with one attached hydrogen (secondary N) is 1. The topological polar surface area (TPSA) is 138 Å². The quantitative estimate of drug-likeness (QED) is 0.534. The van der Waals surface area contributed by atoms with Gasteiger partial charge in [0.2, 0.25) is 5.88 Å². The van der Waals surface area contributed by atoms with E-state index in [1.165, 1.54) is 36.7 Å². The average Bonchev–Trinajstić information content (AvgIpc) is 3.10. The van der Waals surface area contributed by atoms with Crippen molar-refractivity contribution >= 4 is 29.4 Å². The Kier molecular flexibility index (Phi) is 5.61. The summed E-state index contributed by atoms with van der Waals surface area (Å²) < 4.78 is 5.20. The molecule has 3 amide bonds. The van der Waals surface area contributed by atoms with Gasteiger partial charge in [0, 0.05) is 11.6 Å². The fourth-order valence-electron chi connectivity index (χ4n) is 4.53. The Hall–Kier alpha value is -4.38. The fourth-order valence-corrected chi connectivity index (χ4v) is 4.53. The van der Waals surface area contributed by atoms with Gasteiger partial charge in [-0.05, 0) is 50.2 Å². The van der Waals surface area contributed by atoms with Crippen molar-refractivity contribution in [3.8, 4) is 17.1 Å². The van der Waals surface area contributed by atoms with Crippen LogP contribution in [0.25, 0.3) is 11.3 Å². The van der Waals surface area contributed by atoms with E-state index in [2.05, 4.69) is 20.3 Å². The maximum atomic E-state index is 13.8. The number of rotatable bonds is 5. The summed E-state index contributed by atoms with van der Waals surface area (Å²) in [6.45, 7) is 1.16. The standard InChI is InChI=1S/C24H22N6O5/c1-35-20-12-19(27-14-28-20)30-23(34)29(22(33)24(30)8-10-25-11-9-24)17-6-7-18(26-13-17)15-2-4-16(5-3-15)21(31)32/h2-7,12-14,25H,8-11H2,1H3,(H,31,32). The van der Waals surface area contributed by atoms with E-state index in [-0.39, 0.29) is 17.4 Å². The molecule has 2 aliphatic rings. The fraction of sp³-hybridized carbons (Fsp3) is 0.250. The number of pyridine rings is 1. The van der Waals surface area contributed by atoms with Gasteiger partial charge < -0.3 is 15.2 Å². The number of urea groups is 1. The highest BCUT2D eigenvalue weighted by atomic mass is 16.5. The van der Waals surface area contributed by atoms with Crippen molar-refractivity contribution in [3.63, 3.8) is 0 Å². The van der Waals surface area contributed by atoms with E-state index < -0.39 is 17.5 Å². The first-order chi connectivity index (χ1) is 16.9. The molecule has 4 heterocycles. The molecule has 11 heteroatoms. The van der Waals surface area contributed by atoms with Crippen LogP contribution in [0.1, 0.15) is 23.2 Å². The van der Waals surface area contributed by atoms with Crippen LogP contribution < -0.4 is 19.9 Å². The number of amides is 3. The van der Waals surface area contributed by atoms with Crippen LogP contribution in [0.4, 0.5) is 16.3 Å². The van der Waals surface area contributed by atoms with Gasteiger partial charge in [0.1, 0.15) is 17.7 Å².